The van der Waals surface area contributed by atoms with Crippen molar-refractivity contribution in [1.82, 2.24) is 10.9 Å². The zero-order valence-corrected chi connectivity index (χ0v) is 26.1. The molecule has 0 unspecified atom stereocenters. The molecule has 0 amide bonds. The van der Waals surface area contributed by atoms with Crippen LogP contribution in [0.1, 0.15) is 22.3 Å². The van der Waals surface area contributed by atoms with E-state index in [-0.39, 0.29) is 27.4 Å². The van der Waals surface area contributed by atoms with Crippen LogP contribution < -0.4 is 20.3 Å². The number of rotatable bonds is 11. The van der Waals surface area contributed by atoms with Crippen molar-refractivity contribution in [1.29, 1.82) is 0 Å². The van der Waals surface area contributed by atoms with Crippen LogP contribution >= 0.6 is 0 Å². The van der Waals surface area contributed by atoms with E-state index in [9.17, 15) is 0 Å². The summed E-state index contributed by atoms with van der Waals surface area (Å²) in [5, 5.41) is 9.79. The van der Waals surface area contributed by atoms with Gasteiger partial charge in [-0.05, 0) is 45.7 Å². The van der Waals surface area contributed by atoms with Crippen molar-refractivity contribution < 1.29 is 26.5 Å². The summed E-state index contributed by atoms with van der Waals surface area (Å²) in [6, 6.07) is 34.7. The van der Waals surface area contributed by atoms with Crippen LogP contribution in [0.3, 0.4) is 0 Å². The Morgan fingerprint density at radius 1 is 0.558 bits per heavy atom. The average molecular weight is 658 g/mol. The van der Waals surface area contributed by atoms with Gasteiger partial charge < -0.3 is 34.7 Å². The van der Waals surface area contributed by atoms with E-state index in [1.54, 1.807) is 14.2 Å². The fraction of sp³-hybridized carbons (Fsp3) is 0.125. The molecular weight excluding hydrogens is 628 g/mol. The molecule has 0 bridgehead atoms. The molecule has 0 atom stereocenters. The first kappa shape index (κ1) is 33.2. The third-order valence-corrected chi connectivity index (χ3v) is 6.41. The van der Waals surface area contributed by atoms with E-state index >= 15 is 0 Å². The summed E-state index contributed by atoms with van der Waals surface area (Å²) in [6.07, 6.45) is 0. The normalized spacial score (nSPS) is 12.2. The molecule has 0 spiro atoms. The predicted octanol–water partition coefficient (Wildman–Crippen LogP) is 5.20. The van der Waals surface area contributed by atoms with E-state index in [1.165, 1.54) is 0 Å². The topological polar surface area (TPSA) is 92.0 Å². The molecule has 0 aliphatic carbocycles. The molecule has 0 heterocycles. The summed E-state index contributed by atoms with van der Waals surface area (Å²) in [6.45, 7) is 0.800. The first-order chi connectivity index (χ1) is 20.6. The average Bonchev–Trinajstić information content (AvgIpc) is 3.05. The van der Waals surface area contributed by atoms with Gasteiger partial charge in [-0.2, -0.15) is 10.2 Å². The fourth-order valence-electron chi connectivity index (χ4n) is 3.77. The van der Waals surface area contributed by atoms with Crippen molar-refractivity contribution in [2.24, 2.45) is 20.2 Å². The number of ether oxygens (including phenoxy) is 2. The summed E-state index contributed by atoms with van der Waals surface area (Å²) in [5.74, 6) is 1.57. The van der Waals surface area contributed by atoms with Crippen molar-refractivity contribution in [3.8, 4) is 11.5 Å². The molecule has 0 aliphatic rings. The first-order valence-corrected chi connectivity index (χ1v) is 13.8. The Kier molecular flexibility index (Phi) is 13.6. The monoisotopic (exact) mass is 657 g/mol. The van der Waals surface area contributed by atoms with Gasteiger partial charge in [-0.15, -0.1) is 0 Å². The maximum atomic E-state index is 5.47. The smallest absolute Gasteiger partial charge is 0.741 e. The van der Waals surface area contributed by atoms with Crippen molar-refractivity contribution in [2.45, 2.75) is 13.1 Å². The second-order valence-electron chi connectivity index (χ2n) is 8.82. The number of methoxy groups -OCH3 is 2. The van der Waals surface area contributed by atoms with Gasteiger partial charge in [0.2, 0.25) is 0 Å². The molecule has 0 saturated carbocycles. The van der Waals surface area contributed by atoms with E-state index in [0.29, 0.717) is 24.5 Å². The molecule has 0 fully saturated rings. The summed E-state index contributed by atoms with van der Waals surface area (Å²) in [7, 11) is 3.27. The molecule has 0 aromatic heterocycles. The summed E-state index contributed by atoms with van der Waals surface area (Å²) >= 11 is 10.9. The Hall–Kier alpha value is -4.28. The molecule has 1 radical (unpaired) electrons. The van der Waals surface area contributed by atoms with E-state index in [1.807, 2.05) is 109 Å². The van der Waals surface area contributed by atoms with Gasteiger partial charge in [-0.25, -0.2) is 0 Å². The van der Waals surface area contributed by atoms with Crippen molar-refractivity contribution >= 4 is 47.0 Å². The summed E-state index contributed by atoms with van der Waals surface area (Å²) in [5.41, 5.74) is 10.6. The van der Waals surface area contributed by atoms with E-state index in [0.717, 1.165) is 33.8 Å². The molecule has 43 heavy (non-hydrogen) atoms. The summed E-state index contributed by atoms with van der Waals surface area (Å²) < 4.78 is 10.4. The maximum absolute atomic E-state index is 5.47. The van der Waals surface area contributed by atoms with Crippen LogP contribution in [0.5, 0.6) is 11.5 Å². The zero-order chi connectivity index (χ0) is 29.6. The Morgan fingerprint density at radius 2 is 0.907 bits per heavy atom. The number of amidine groups is 2. The van der Waals surface area contributed by atoms with Gasteiger partial charge in [0, 0.05) is 11.1 Å². The quantitative estimate of drug-likeness (QED) is 0.0758. The predicted molar refractivity (Wildman–Crippen MR) is 175 cm³/mol. The van der Waals surface area contributed by atoms with Crippen molar-refractivity contribution in [3.05, 3.63) is 131 Å². The zero-order valence-electron chi connectivity index (χ0n) is 23.5. The number of hydrogen-bond acceptors (Lipinski definition) is 8. The van der Waals surface area contributed by atoms with Crippen LogP contribution in [-0.2, 0) is 55.4 Å². The number of nitrogens with one attached hydrogen (secondary N) is 2. The van der Waals surface area contributed by atoms with Crippen LogP contribution in [0.25, 0.3) is 0 Å². The van der Waals surface area contributed by atoms with Crippen LogP contribution in [0, 0.1) is 0 Å². The largest absolute Gasteiger partial charge is 2.00 e. The third kappa shape index (κ3) is 10.5. The van der Waals surface area contributed by atoms with Crippen LogP contribution in [0.15, 0.2) is 129 Å². The molecule has 8 nitrogen and oxygen atoms in total. The van der Waals surface area contributed by atoms with Gasteiger partial charge >= 0.3 is 17.1 Å². The number of nitrogens with zero attached hydrogens (tertiary/aromatic N) is 4. The van der Waals surface area contributed by atoms with Crippen LogP contribution in [0.2, 0.25) is 0 Å². The van der Waals surface area contributed by atoms with Gasteiger partial charge in [-0.3, -0.25) is 20.8 Å². The minimum Gasteiger partial charge on any atom is -0.741 e. The Bertz CT molecular complexity index is 1430. The van der Waals surface area contributed by atoms with Gasteiger partial charge in [0.15, 0.2) is 0 Å². The number of benzene rings is 4. The maximum Gasteiger partial charge on any atom is 2.00 e. The number of hydrazone groups is 2. The van der Waals surface area contributed by atoms with Gasteiger partial charge in [0.1, 0.15) is 22.9 Å². The standard InChI is InChI=1S/C32H32N6O2S2.Cu/c1-39-27-17-13-23(14-18-27)21-33-31(41)37-35-29(25-9-5-3-6-10-25)30(26-11-7-4-8-12-26)36-38-32(42)34-22-24-15-19-28(40-2)20-16-24;/h3-20H,21-22H2,1-2H3,(H2,33,37,41)(H2,34,38,42);/q;+2/p-2/b35-29+,36-30?;. The minimum atomic E-state index is 0. The second kappa shape index (κ2) is 17.6. The van der Waals surface area contributed by atoms with E-state index in [2.05, 4.69) is 31.0 Å². The van der Waals surface area contributed by atoms with Crippen LogP contribution in [-0.4, -0.2) is 36.0 Å². The number of hydrogen-bond donors (Lipinski definition) is 2. The molecular formula is C32H30CuN6O2S2. The van der Waals surface area contributed by atoms with Crippen molar-refractivity contribution in [2.75, 3.05) is 14.2 Å². The number of aliphatic imine (C=N–C) groups is 2. The Labute approximate surface area is 273 Å². The third-order valence-electron chi connectivity index (χ3n) is 5.97. The molecule has 11 heteroatoms. The van der Waals surface area contributed by atoms with Crippen molar-refractivity contribution in [3.63, 3.8) is 0 Å². The van der Waals surface area contributed by atoms with E-state index < -0.39 is 0 Å². The minimum absolute atomic E-state index is 0. The molecule has 0 saturated heterocycles. The Balaban J connectivity index is 0.00000506. The fourth-order valence-corrected chi connectivity index (χ4v) is 3.99. The molecule has 4 aromatic carbocycles. The molecule has 0 aliphatic heterocycles. The SMILES string of the molecule is COc1ccc(CN=C([S-])NN=C(/C(=N/NC([S-])=NCc2ccc(OC)cc2)c2ccccc2)c2ccccc2)cc1.[Cu+2]. The van der Waals surface area contributed by atoms with Gasteiger partial charge in [-0.1, -0.05) is 84.9 Å². The molecule has 223 valence electrons. The van der Waals surface area contributed by atoms with Gasteiger partial charge in [0.05, 0.1) is 27.3 Å². The van der Waals surface area contributed by atoms with E-state index in [4.69, 9.17) is 34.7 Å². The molecule has 4 aromatic rings. The summed E-state index contributed by atoms with van der Waals surface area (Å²) in [4.78, 5) is 8.92. The molecule has 4 rings (SSSR count). The molecule has 2 N–H and O–H groups in total. The van der Waals surface area contributed by atoms with Gasteiger partial charge in [0.25, 0.3) is 0 Å². The van der Waals surface area contributed by atoms with Crippen LogP contribution in [0.4, 0.5) is 0 Å². The second-order valence-corrected chi connectivity index (χ2v) is 9.59. The Morgan fingerprint density at radius 3 is 1.23 bits per heavy atom. The first-order valence-electron chi connectivity index (χ1n) is 13.0.